The largest absolute Gasteiger partial charge is 0.384 e. The molecule has 0 aliphatic carbocycles. The molecule has 2 atom stereocenters. The number of para-hydroxylation sites is 1. The minimum absolute atomic E-state index is 0.0611. The van der Waals surface area contributed by atoms with Gasteiger partial charge in [-0.2, -0.15) is 0 Å². The summed E-state index contributed by atoms with van der Waals surface area (Å²) in [6.07, 6.45) is 7.29. The van der Waals surface area contributed by atoms with Crippen LogP contribution in [0.4, 0.5) is 5.69 Å². The maximum atomic E-state index is 12.5. The molecule has 184 valence electrons. The van der Waals surface area contributed by atoms with Crippen LogP contribution in [0, 0.1) is 5.92 Å². The van der Waals surface area contributed by atoms with Crippen LogP contribution in [0.5, 0.6) is 0 Å². The van der Waals surface area contributed by atoms with Crippen LogP contribution < -0.4 is 16.0 Å². The van der Waals surface area contributed by atoms with E-state index in [4.69, 9.17) is 9.72 Å². The fourth-order valence-corrected chi connectivity index (χ4v) is 5.16. The molecule has 2 aliphatic rings. The van der Waals surface area contributed by atoms with Gasteiger partial charge in [0.25, 0.3) is 5.91 Å². The van der Waals surface area contributed by atoms with Crippen LogP contribution >= 0.6 is 0 Å². The van der Waals surface area contributed by atoms with Gasteiger partial charge in [-0.25, -0.2) is 4.98 Å². The summed E-state index contributed by atoms with van der Waals surface area (Å²) in [5, 5.41) is 11.3. The maximum Gasteiger partial charge on any atom is 0.251 e. The third kappa shape index (κ3) is 6.19. The SMILES string of the molecule is O=C(NCC1CCCO1)c1ccc(-c2cc(NCCCC3CCCNC3)c3ccccc3n2)cc1. The number of nitrogens with one attached hydrogen (secondary N) is 3. The first-order chi connectivity index (χ1) is 17.3. The molecule has 6 heteroatoms. The molecular formula is C29H36N4O2. The number of amides is 1. The number of piperidine rings is 1. The highest BCUT2D eigenvalue weighted by molar-refractivity contribution is 5.96. The first-order valence-electron chi connectivity index (χ1n) is 13.1. The second kappa shape index (κ2) is 11.6. The van der Waals surface area contributed by atoms with E-state index in [1.54, 1.807) is 0 Å². The highest BCUT2D eigenvalue weighted by Gasteiger charge is 2.17. The van der Waals surface area contributed by atoms with Crippen molar-refractivity contribution in [3.63, 3.8) is 0 Å². The molecular weight excluding hydrogens is 436 g/mol. The summed E-state index contributed by atoms with van der Waals surface area (Å²) in [6, 6.07) is 18.1. The van der Waals surface area contributed by atoms with Gasteiger partial charge in [0.1, 0.15) is 0 Å². The second-order valence-electron chi connectivity index (χ2n) is 9.78. The number of ether oxygens (including phenoxy) is 1. The van der Waals surface area contributed by atoms with Crippen molar-refractivity contribution < 1.29 is 9.53 Å². The monoisotopic (exact) mass is 472 g/mol. The van der Waals surface area contributed by atoms with Crippen LogP contribution in [0.15, 0.2) is 54.6 Å². The van der Waals surface area contributed by atoms with Crippen LogP contribution in [0.2, 0.25) is 0 Å². The summed E-state index contributed by atoms with van der Waals surface area (Å²) in [6.45, 7) is 4.64. The van der Waals surface area contributed by atoms with Gasteiger partial charge in [0.05, 0.1) is 17.3 Å². The number of hydrogen-bond donors (Lipinski definition) is 3. The Hall–Kier alpha value is -2.96. The minimum atomic E-state index is -0.0611. The van der Waals surface area contributed by atoms with E-state index in [-0.39, 0.29) is 12.0 Å². The van der Waals surface area contributed by atoms with E-state index in [9.17, 15) is 4.79 Å². The number of anilines is 1. The number of rotatable bonds is 9. The topological polar surface area (TPSA) is 75.3 Å². The first-order valence-corrected chi connectivity index (χ1v) is 13.1. The Balaban J connectivity index is 1.25. The number of carbonyl (C=O) groups excluding carboxylic acids is 1. The third-order valence-electron chi connectivity index (χ3n) is 7.18. The van der Waals surface area contributed by atoms with Crippen molar-refractivity contribution in [3.05, 3.63) is 60.2 Å². The fraction of sp³-hybridized carbons (Fsp3) is 0.448. The highest BCUT2D eigenvalue weighted by Crippen LogP contribution is 2.29. The predicted octanol–water partition coefficient (Wildman–Crippen LogP) is 5.00. The van der Waals surface area contributed by atoms with Gasteiger partial charge in [-0.05, 0) is 81.8 Å². The normalized spacial score (nSPS) is 20.1. The lowest BCUT2D eigenvalue weighted by Crippen LogP contribution is -2.31. The Morgan fingerprint density at radius 3 is 2.77 bits per heavy atom. The molecule has 2 aliphatic heterocycles. The average Bonchev–Trinajstić information content (AvgIpc) is 3.44. The molecule has 3 N–H and O–H groups in total. The summed E-state index contributed by atoms with van der Waals surface area (Å²) in [4.78, 5) is 17.4. The summed E-state index contributed by atoms with van der Waals surface area (Å²) < 4.78 is 5.60. The van der Waals surface area contributed by atoms with Crippen molar-refractivity contribution in [1.82, 2.24) is 15.6 Å². The Morgan fingerprint density at radius 2 is 1.97 bits per heavy atom. The summed E-state index contributed by atoms with van der Waals surface area (Å²) in [5.41, 5.74) is 4.66. The van der Waals surface area contributed by atoms with Gasteiger partial charge >= 0.3 is 0 Å². The van der Waals surface area contributed by atoms with E-state index in [2.05, 4.69) is 40.2 Å². The summed E-state index contributed by atoms with van der Waals surface area (Å²) in [7, 11) is 0. The van der Waals surface area contributed by atoms with Crippen LogP contribution in [0.3, 0.4) is 0 Å². The van der Waals surface area contributed by atoms with E-state index >= 15 is 0 Å². The third-order valence-corrected chi connectivity index (χ3v) is 7.18. The molecule has 0 spiro atoms. The molecule has 3 heterocycles. The molecule has 3 aromatic rings. The summed E-state index contributed by atoms with van der Waals surface area (Å²) >= 11 is 0. The van der Waals surface area contributed by atoms with E-state index in [1.807, 2.05) is 30.3 Å². The highest BCUT2D eigenvalue weighted by atomic mass is 16.5. The van der Waals surface area contributed by atoms with E-state index in [1.165, 1.54) is 25.8 Å². The Bertz CT molecular complexity index is 1120. The second-order valence-corrected chi connectivity index (χ2v) is 9.78. The molecule has 35 heavy (non-hydrogen) atoms. The maximum absolute atomic E-state index is 12.5. The molecule has 0 bridgehead atoms. The smallest absolute Gasteiger partial charge is 0.251 e. The van der Waals surface area contributed by atoms with Crippen LogP contribution in [0.1, 0.15) is 48.9 Å². The number of fused-ring (bicyclic) bond motifs is 1. The van der Waals surface area contributed by atoms with Gasteiger partial charge < -0.3 is 20.7 Å². The molecule has 0 radical (unpaired) electrons. The Labute approximate surface area is 207 Å². The van der Waals surface area contributed by atoms with Crippen LogP contribution in [-0.4, -0.2) is 49.8 Å². The molecule has 5 rings (SSSR count). The van der Waals surface area contributed by atoms with Crippen LogP contribution in [-0.2, 0) is 4.74 Å². The molecule has 1 aromatic heterocycles. The fourth-order valence-electron chi connectivity index (χ4n) is 5.16. The molecule has 0 saturated carbocycles. The molecule has 1 amide bonds. The van der Waals surface area contributed by atoms with Crippen molar-refractivity contribution in [2.45, 2.75) is 44.6 Å². The van der Waals surface area contributed by atoms with Crippen molar-refractivity contribution in [3.8, 4) is 11.3 Å². The number of pyridine rings is 1. The lowest BCUT2D eigenvalue weighted by molar-refractivity contribution is 0.0858. The number of benzene rings is 2. The number of nitrogens with zero attached hydrogens (tertiary/aromatic N) is 1. The quantitative estimate of drug-likeness (QED) is 0.382. The minimum Gasteiger partial charge on any atom is -0.384 e. The van der Waals surface area contributed by atoms with Crippen molar-refractivity contribution >= 4 is 22.5 Å². The average molecular weight is 473 g/mol. The molecule has 2 unspecified atom stereocenters. The molecule has 2 saturated heterocycles. The lowest BCUT2D eigenvalue weighted by Gasteiger charge is -2.22. The van der Waals surface area contributed by atoms with E-state index < -0.39 is 0 Å². The van der Waals surface area contributed by atoms with Crippen molar-refractivity contribution in [2.24, 2.45) is 5.92 Å². The van der Waals surface area contributed by atoms with E-state index in [0.717, 1.165) is 72.7 Å². The van der Waals surface area contributed by atoms with Gasteiger partial charge in [0, 0.05) is 41.9 Å². The Kier molecular flexibility index (Phi) is 7.91. The van der Waals surface area contributed by atoms with Gasteiger partial charge in [-0.3, -0.25) is 4.79 Å². The standard InChI is InChI=1S/C29H36N4O2/c34-29(32-20-24-8-5-17-35-24)23-13-11-22(12-14-23)27-18-28(25-9-1-2-10-26(25)33-27)31-16-4-7-21-6-3-15-30-19-21/h1-2,9-14,18,21,24,30H,3-8,15-17,19-20H2,(H,31,33)(H,32,34). The lowest BCUT2D eigenvalue weighted by atomic mass is 9.95. The zero-order valence-corrected chi connectivity index (χ0v) is 20.4. The van der Waals surface area contributed by atoms with Crippen LogP contribution in [0.25, 0.3) is 22.2 Å². The van der Waals surface area contributed by atoms with Crippen molar-refractivity contribution in [2.75, 3.05) is 38.1 Å². The first kappa shape index (κ1) is 23.8. The Morgan fingerprint density at radius 1 is 1.09 bits per heavy atom. The van der Waals surface area contributed by atoms with Crippen molar-refractivity contribution in [1.29, 1.82) is 0 Å². The van der Waals surface area contributed by atoms with Gasteiger partial charge in [0.15, 0.2) is 0 Å². The zero-order valence-electron chi connectivity index (χ0n) is 20.4. The predicted molar refractivity (Wildman–Crippen MR) is 142 cm³/mol. The number of hydrogen-bond acceptors (Lipinski definition) is 5. The number of aromatic nitrogens is 1. The van der Waals surface area contributed by atoms with E-state index in [0.29, 0.717) is 12.1 Å². The van der Waals surface area contributed by atoms with Gasteiger partial charge in [0.2, 0.25) is 0 Å². The molecule has 6 nitrogen and oxygen atoms in total. The van der Waals surface area contributed by atoms with Gasteiger partial charge in [-0.15, -0.1) is 0 Å². The number of carbonyl (C=O) groups is 1. The molecule has 2 aromatic carbocycles. The summed E-state index contributed by atoms with van der Waals surface area (Å²) in [5.74, 6) is 0.741. The van der Waals surface area contributed by atoms with Gasteiger partial charge in [-0.1, -0.05) is 30.3 Å². The zero-order chi connectivity index (χ0) is 23.9. The molecule has 2 fully saturated rings.